The van der Waals surface area contributed by atoms with E-state index < -0.39 is 0 Å². The van der Waals surface area contributed by atoms with Crippen molar-refractivity contribution in [3.8, 4) is 22.8 Å². The largest absolute Gasteiger partial charge is 0.398 e. The van der Waals surface area contributed by atoms with E-state index in [1.54, 1.807) is 0 Å². The normalized spacial score (nSPS) is 10.8. The van der Waals surface area contributed by atoms with Crippen molar-refractivity contribution >= 4 is 21.6 Å². The van der Waals surface area contributed by atoms with Crippen LogP contribution in [0.25, 0.3) is 22.8 Å². The Labute approximate surface area is 131 Å². The molecule has 0 saturated carbocycles. The molecule has 0 aliphatic rings. The molecule has 0 spiro atoms. The van der Waals surface area contributed by atoms with Gasteiger partial charge in [-0.05, 0) is 43.2 Å². The van der Waals surface area contributed by atoms with Crippen molar-refractivity contribution in [1.82, 2.24) is 10.1 Å². The van der Waals surface area contributed by atoms with Gasteiger partial charge < -0.3 is 10.3 Å². The fraction of sp³-hybridized carbons (Fsp3) is 0.125. The van der Waals surface area contributed by atoms with Crippen LogP contribution in [0.2, 0.25) is 0 Å². The summed E-state index contributed by atoms with van der Waals surface area (Å²) in [5.41, 5.74) is 10.5. The summed E-state index contributed by atoms with van der Waals surface area (Å²) in [4.78, 5) is 4.44. The summed E-state index contributed by atoms with van der Waals surface area (Å²) in [7, 11) is 0. The average Bonchev–Trinajstić information content (AvgIpc) is 2.94. The predicted molar refractivity (Wildman–Crippen MR) is 86.8 cm³/mol. The number of aromatic nitrogens is 2. The number of halogens is 1. The van der Waals surface area contributed by atoms with E-state index in [-0.39, 0.29) is 0 Å². The maximum atomic E-state index is 5.92. The Hall–Kier alpha value is -2.14. The number of nitrogens with zero attached hydrogens (tertiary/aromatic N) is 2. The minimum Gasteiger partial charge on any atom is -0.398 e. The molecule has 1 heterocycles. The van der Waals surface area contributed by atoms with Gasteiger partial charge in [-0.15, -0.1) is 0 Å². The van der Waals surface area contributed by atoms with Crippen molar-refractivity contribution in [3.05, 3.63) is 52.0 Å². The van der Waals surface area contributed by atoms with Gasteiger partial charge in [0.15, 0.2) is 0 Å². The number of nitrogens with two attached hydrogens (primary N) is 1. The van der Waals surface area contributed by atoms with Crippen LogP contribution in [0.15, 0.2) is 45.4 Å². The van der Waals surface area contributed by atoms with Crippen molar-refractivity contribution in [1.29, 1.82) is 0 Å². The van der Waals surface area contributed by atoms with E-state index in [4.69, 9.17) is 10.3 Å². The van der Waals surface area contributed by atoms with Crippen LogP contribution in [0, 0.1) is 13.8 Å². The predicted octanol–water partition coefficient (Wildman–Crippen LogP) is 4.37. The average molecular weight is 344 g/mol. The standard InChI is InChI=1S/C16H14BrN3O/c1-9-3-5-11(7-13(9)17)15-19-16(21-20-15)12-6-4-10(2)14(18)8-12/h3-8H,18H2,1-2H3. The first-order valence-corrected chi connectivity index (χ1v) is 7.30. The third-order valence-corrected chi connectivity index (χ3v) is 4.24. The molecule has 0 bridgehead atoms. The summed E-state index contributed by atoms with van der Waals surface area (Å²) in [6.45, 7) is 3.99. The van der Waals surface area contributed by atoms with E-state index in [1.807, 2.05) is 50.2 Å². The Kier molecular flexibility index (Phi) is 3.51. The summed E-state index contributed by atoms with van der Waals surface area (Å²) in [5.74, 6) is 1.03. The zero-order valence-corrected chi connectivity index (χ0v) is 13.3. The van der Waals surface area contributed by atoms with Gasteiger partial charge in [0, 0.05) is 21.3 Å². The molecule has 3 rings (SSSR count). The summed E-state index contributed by atoms with van der Waals surface area (Å²) >= 11 is 3.51. The second-order valence-corrected chi connectivity index (χ2v) is 5.81. The molecule has 106 valence electrons. The molecule has 0 saturated heterocycles. The van der Waals surface area contributed by atoms with E-state index in [9.17, 15) is 0 Å². The SMILES string of the molecule is Cc1ccc(-c2nc(-c3ccc(C)c(Br)c3)no2)cc1N. The Morgan fingerprint density at radius 1 is 1.00 bits per heavy atom. The highest BCUT2D eigenvalue weighted by Crippen LogP contribution is 2.27. The van der Waals surface area contributed by atoms with E-state index in [0.717, 1.165) is 26.7 Å². The molecular weight excluding hydrogens is 330 g/mol. The van der Waals surface area contributed by atoms with E-state index in [1.165, 1.54) is 0 Å². The maximum absolute atomic E-state index is 5.92. The highest BCUT2D eigenvalue weighted by molar-refractivity contribution is 9.10. The molecule has 21 heavy (non-hydrogen) atoms. The molecule has 1 aromatic heterocycles. The van der Waals surface area contributed by atoms with Crippen molar-refractivity contribution in [2.75, 3.05) is 5.73 Å². The van der Waals surface area contributed by atoms with Crippen LogP contribution in [-0.4, -0.2) is 10.1 Å². The topological polar surface area (TPSA) is 64.9 Å². The molecule has 2 N–H and O–H groups in total. The molecule has 5 heteroatoms. The lowest BCUT2D eigenvalue weighted by Crippen LogP contribution is -1.90. The third kappa shape index (κ3) is 2.69. The van der Waals surface area contributed by atoms with Crippen LogP contribution in [0.3, 0.4) is 0 Å². The molecule has 0 aliphatic heterocycles. The summed E-state index contributed by atoms with van der Waals surface area (Å²) in [6.07, 6.45) is 0. The Balaban J connectivity index is 1.99. The summed E-state index contributed by atoms with van der Waals surface area (Å²) < 4.78 is 6.36. The molecule has 2 aromatic carbocycles. The molecule has 0 unspecified atom stereocenters. The third-order valence-electron chi connectivity index (χ3n) is 3.38. The first-order chi connectivity index (χ1) is 10.0. The first-order valence-electron chi connectivity index (χ1n) is 6.51. The van der Waals surface area contributed by atoms with E-state index in [2.05, 4.69) is 26.1 Å². The van der Waals surface area contributed by atoms with E-state index >= 15 is 0 Å². The van der Waals surface area contributed by atoms with Crippen molar-refractivity contribution in [3.63, 3.8) is 0 Å². The quantitative estimate of drug-likeness (QED) is 0.702. The highest BCUT2D eigenvalue weighted by atomic mass is 79.9. The van der Waals surface area contributed by atoms with Gasteiger partial charge in [0.25, 0.3) is 5.89 Å². The van der Waals surface area contributed by atoms with Gasteiger partial charge in [0.2, 0.25) is 5.82 Å². The van der Waals surface area contributed by atoms with Gasteiger partial charge in [0.1, 0.15) is 0 Å². The Morgan fingerprint density at radius 2 is 1.71 bits per heavy atom. The number of hydrogen-bond donors (Lipinski definition) is 1. The molecule has 0 fully saturated rings. The Bertz CT molecular complexity index is 745. The van der Waals surface area contributed by atoms with Crippen LogP contribution in [0.4, 0.5) is 5.69 Å². The zero-order valence-electron chi connectivity index (χ0n) is 11.7. The zero-order chi connectivity index (χ0) is 15.0. The van der Waals surface area contributed by atoms with Crippen molar-refractivity contribution in [2.45, 2.75) is 13.8 Å². The molecule has 0 atom stereocenters. The van der Waals surface area contributed by atoms with Crippen LogP contribution in [0.5, 0.6) is 0 Å². The molecule has 0 radical (unpaired) electrons. The lowest BCUT2D eigenvalue weighted by Gasteiger charge is -2.00. The monoisotopic (exact) mass is 343 g/mol. The fourth-order valence-corrected chi connectivity index (χ4v) is 2.34. The summed E-state index contributed by atoms with van der Waals surface area (Å²) in [5, 5.41) is 4.04. The van der Waals surface area contributed by atoms with Crippen molar-refractivity contribution in [2.24, 2.45) is 0 Å². The van der Waals surface area contributed by atoms with Crippen LogP contribution >= 0.6 is 15.9 Å². The lowest BCUT2D eigenvalue weighted by molar-refractivity contribution is 0.432. The van der Waals surface area contributed by atoms with Gasteiger partial charge >= 0.3 is 0 Å². The van der Waals surface area contributed by atoms with Gasteiger partial charge in [-0.3, -0.25) is 0 Å². The van der Waals surface area contributed by atoms with Crippen LogP contribution < -0.4 is 5.73 Å². The number of hydrogen-bond acceptors (Lipinski definition) is 4. The lowest BCUT2D eigenvalue weighted by atomic mass is 10.1. The minimum absolute atomic E-state index is 0.466. The van der Waals surface area contributed by atoms with Crippen molar-refractivity contribution < 1.29 is 4.52 Å². The molecular formula is C16H14BrN3O. The van der Waals surface area contributed by atoms with Gasteiger partial charge in [-0.2, -0.15) is 4.98 Å². The molecule has 0 amide bonds. The van der Waals surface area contributed by atoms with E-state index in [0.29, 0.717) is 17.4 Å². The minimum atomic E-state index is 0.466. The van der Waals surface area contributed by atoms with Gasteiger partial charge in [-0.25, -0.2) is 0 Å². The molecule has 3 aromatic rings. The maximum Gasteiger partial charge on any atom is 0.258 e. The number of aryl methyl sites for hydroxylation is 2. The second-order valence-electron chi connectivity index (χ2n) is 4.96. The number of benzene rings is 2. The van der Waals surface area contributed by atoms with Gasteiger partial charge in [-0.1, -0.05) is 39.3 Å². The van der Waals surface area contributed by atoms with Crippen LogP contribution in [0.1, 0.15) is 11.1 Å². The Morgan fingerprint density at radius 3 is 2.43 bits per heavy atom. The van der Waals surface area contributed by atoms with Crippen LogP contribution in [-0.2, 0) is 0 Å². The fourth-order valence-electron chi connectivity index (χ4n) is 1.96. The molecule has 0 aliphatic carbocycles. The molecule has 4 nitrogen and oxygen atoms in total. The number of anilines is 1. The number of rotatable bonds is 2. The van der Waals surface area contributed by atoms with Gasteiger partial charge in [0.05, 0.1) is 0 Å². The number of nitrogen functional groups attached to an aromatic ring is 1. The second kappa shape index (κ2) is 5.33. The smallest absolute Gasteiger partial charge is 0.258 e. The first kappa shape index (κ1) is 13.8. The highest BCUT2D eigenvalue weighted by Gasteiger charge is 2.12. The summed E-state index contributed by atoms with van der Waals surface area (Å²) in [6, 6.07) is 11.7.